The van der Waals surface area contributed by atoms with Gasteiger partial charge in [0.2, 0.25) is 0 Å². The van der Waals surface area contributed by atoms with Gasteiger partial charge in [-0.1, -0.05) is 81.4 Å². The number of carbonyl (C=O) groups excluding carboxylic acids is 1. The molecular formula is C11H15BrI2O. The second-order valence-corrected chi connectivity index (χ2v) is 7.03. The third-order valence-corrected chi connectivity index (χ3v) is 1.73. The van der Waals surface area contributed by atoms with Gasteiger partial charge in [0.1, 0.15) is 0 Å². The number of Topliss-reactive ketones (excluding diaryl/α,β-unsaturated/α-hetero) is 1. The Balaban J connectivity index is 0. The van der Waals surface area contributed by atoms with E-state index in [1.807, 2.05) is 44.2 Å². The van der Waals surface area contributed by atoms with E-state index in [1.165, 1.54) is 0 Å². The van der Waals surface area contributed by atoms with E-state index in [4.69, 9.17) is 0 Å². The predicted molar refractivity (Wildman–Crippen MR) is 91.1 cm³/mol. The molecule has 0 aromatic heterocycles. The lowest BCUT2D eigenvalue weighted by Crippen LogP contribution is -1.98. The summed E-state index contributed by atoms with van der Waals surface area (Å²) >= 11 is 5.70. The summed E-state index contributed by atoms with van der Waals surface area (Å²) in [5.74, 6) is 0.126. The van der Waals surface area contributed by atoms with Gasteiger partial charge in [0.05, 0.1) is 5.33 Å². The molecule has 0 atom stereocenters. The van der Waals surface area contributed by atoms with Gasteiger partial charge in [-0.15, -0.1) is 0 Å². The average Bonchev–Trinajstić information content (AvgIpc) is 2.33. The Kier molecular flexibility index (Phi) is 17.7. The van der Waals surface area contributed by atoms with Crippen LogP contribution >= 0.6 is 51.3 Å². The fourth-order valence-corrected chi connectivity index (χ4v) is 1.02. The van der Waals surface area contributed by atoms with Crippen LogP contribution in [0, 0.1) is 0 Å². The van der Waals surface area contributed by atoms with E-state index in [1.54, 1.807) is 0 Å². The van der Waals surface area contributed by atoms with Crippen LogP contribution < -0.4 is 0 Å². The molecule has 0 N–H and O–H groups in total. The topological polar surface area (TPSA) is 17.1 Å². The molecule has 0 unspecified atom stereocenters. The standard InChI is InChI=1S/C8H7BrO.C2H6.CH2I2/c9-6-8(10)7-4-2-1-3-5-7;1-2;1-3-2/h1-5H,6H2;1-2H3;1H2. The van der Waals surface area contributed by atoms with Crippen molar-refractivity contribution >= 4 is 61.6 Å². The molecule has 1 aromatic rings. The maximum absolute atomic E-state index is 11.0. The summed E-state index contributed by atoms with van der Waals surface area (Å²) in [5.41, 5.74) is 0.763. The van der Waals surface area contributed by atoms with E-state index in [0.717, 1.165) is 5.56 Å². The van der Waals surface area contributed by atoms with Crippen molar-refractivity contribution in [2.45, 2.75) is 13.8 Å². The first-order chi connectivity index (χ1) is 7.26. The molecule has 0 amide bonds. The van der Waals surface area contributed by atoms with Crippen LogP contribution in [0.2, 0.25) is 0 Å². The number of hydrogen-bond acceptors (Lipinski definition) is 1. The first-order valence-corrected chi connectivity index (χ1v) is 13.3. The molecular weight excluding hydrogens is 482 g/mol. The highest BCUT2D eigenvalue weighted by Crippen LogP contribution is 2.01. The van der Waals surface area contributed by atoms with Crippen LogP contribution in [-0.2, 0) is 0 Å². The van der Waals surface area contributed by atoms with Gasteiger partial charge in [-0.25, -0.2) is 0 Å². The van der Waals surface area contributed by atoms with Gasteiger partial charge in [0.15, 0.2) is 5.78 Å². The van der Waals surface area contributed by atoms with E-state index in [0.29, 0.717) is 22.1 Å². The highest BCUT2D eigenvalue weighted by Gasteiger charge is 1.99. The third-order valence-electron chi connectivity index (χ3n) is 1.22. The summed E-state index contributed by atoms with van der Waals surface area (Å²) in [6.07, 6.45) is 0. The van der Waals surface area contributed by atoms with Crippen LogP contribution in [0.25, 0.3) is 0 Å². The summed E-state index contributed by atoms with van der Waals surface area (Å²) in [4.78, 5) is 11.0. The number of rotatable bonds is 2. The van der Waals surface area contributed by atoms with E-state index >= 15 is 0 Å². The van der Waals surface area contributed by atoms with Gasteiger partial charge in [0, 0.05) is 5.56 Å². The summed E-state index contributed by atoms with van der Waals surface area (Å²) in [6, 6.07) is 9.23. The molecule has 0 saturated heterocycles. The molecule has 1 nitrogen and oxygen atoms in total. The van der Waals surface area contributed by atoms with Gasteiger partial charge < -0.3 is 0 Å². The van der Waals surface area contributed by atoms with Crippen LogP contribution in [0.4, 0.5) is 0 Å². The molecule has 0 saturated carbocycles. The molecule has 0 aliphatic carbocycles. The Labute approximate surface area is 120 Å². The quantitative estimate of drug-likeness (QED) is 0.319. The van der Waals surface area contributed by atoms with Crippen molar-refractivity contribution < 1.29 is 4.79 Å². The average molecular weight is 497 g/mol. The maximum Gasteiger partial charge on any atom is 0.173 e. The monoisotopic (exact) mass is 496 g/mol. The lowest BCUT2D eigenvalue weighted by molar-refractivity contribution is 0.102. The lowest BCUT2D eigenvalue weighted by Gasteiger charge is -1.92. The predicted octanol–water partition coefficient (Wildman–Crippen LogP) is 5.03. The Bertz CT molecular complexity index is 263. The van der Waals surface area contributed by atoms with Crippen LogP contribution in [0.5, 0.6) is 0 Å². The highest BCUT2D eigenvalue weighted by molar-refractivity contribution is 15.0. The fraction of sp³-hybridized carbons (Fsp3) is 0.273. The molecule has 1 rings (SSSR count). The molecule has 0 bridgehead atoms. The fourth-order valence-electron chi connectivity index (χ4n) is 0.701. The molecule has 1 aromatic carbocycles. The highest BCUT2D eigenvalue weighted by atomic mass is 128. The van der Waals surface area contributed by atoms with Gasteiger partial charge in [-0.2, -0.15) is 0 Å². The van der Waals surface area contributed by atoms with Crippen molar-refractivity contribution in [1.29, 1.82) is 0 Å². The Morgan fingerprint density at radius 1 is 1.40 bits per heavy atom. The smallest absolute Gasteiger partial charge is 0.173 e. The van der Waals surface area contributed by atoms with Crippen LogP contribution in [0.3, 0.4) is 0 Å². The molecule has 15 heavy (non-hydrogen) atoms. The molecule has 0 aliphatic rings. The molecule has 4 heteroatoms. The summed E-state index contributed by atoms with van der Waals surface area (Å²) < 4.78 is 3.58. The van der Waals surface area contributed by atoms with Crippen molar-refractivity contribution in [3.8, 4) is 0 Å². The zero-order valence-corrected chi connectivity index (χ0v) is 14.7. The Hall–Kier alpha value is 0.700. The number of benzene rings is 1. The van der Waals surface area contributed by atoms with Crippen LogP contribution in [-0.4, -0.2) is 15.6 Å². The second kappa shape index (κ2) is 14.7. The lowest BCUT2D eigenvalue weighted by atomic mass is 10.2. The van der Waals surface area contributed by atoms with Crippen LogP contribution in [0.15, 0.2) is 30.3 Å². The second-order valence-electron chi connectivity index (χ2n) is 2.02. The summed E-state index contributed by atoms with van der Waals surface area (Å²) in [5, 5.41) is 0.400. The van der Waals surface area contributed by atoms with Gasteiger partial charge in [0.25, 0.3) is 0 Å². The first kappa shape index (κ1) is 18.1. The Morgan fingerprint density at radius 3 is 2.13 bits per heavy atom. The minimum Gasteiger partial charge on any atom is -0.293 e. The SMILES string of the molecule is C=II.CC.O=C(CBr)c1ccccc1. The molecule has 0 fully saturated rings. The van der Waals surface area contributed by atoms with Gasteiger partial charge >= 0.3 is 0 Å². The van der Waals surface area contributed by atoms with Gasteiger partial charge in [-0.05, 0) is 18.6 Å². The van der Waals surface area contributed by atoms with E-state index in [2.05, 4.69) is 39.1 Å². The first-order valence-electron chi connectivity index (χ1n) is 4.40. The largest absolute Gasteiger partial charge is 0.293 e. The minimum atomic E-state index is 0.126. The number of alkyl halides is 1. The molecule has 0 spiro atoms. The normalized spacial score (nSPS) is 7.73. The van der Waals surface area contributed by atoms with Crippen molar-refractivity contribution in [3.63, 3.8) is 0 Å². The summed E-state index contributed by atoms with van der Waals surface area (Å²) in [6.45, 7) is 4.00. The number of carbonyl (C=O) groups is 1. The minimum absolute atomic E-state index is 0.126. The zero-order valence-electron chi connectivity index (χ0n) is 8.84. The summed E-state index contributed by atoms with van der Waals surface area (Å²) in [7, 11) is 0. The Morgan fingerprint density at radius 2 is 1.80 bits per heavy atom. The number of ketones is 1. The van der Waals surface area contributed by atoms with E-state index < -0.39 is 0 Å². The molecule has 0 radical (unpaired) electrons. The van der Waals surface area contributed by atoms with Crippen molar-refractivity contribution in [2.75, 3.05) is 5.33 Å². The number of halogens is 3. The molecule has 86 valence electrons. The van der Waals surface area contributed by atoms with Gasteiger partial charge in [-0.3, -0.25) is 4.79 Å². The van der Waals surface area contributed by atoms with Crippen LogP contribution in [0.1, 0.15) is 24.2 Å². The zero-order chi connectivity index (χ0) is 12.1. The molecule has 0 aliphatic heterocycles. The van der Waals surface area contributed by atoms with E-state index in [9.17, 15) is 4.79 Å². The van der Waals surface area contributed by atoms with Crippen molar-refractivity contribution in [1.82, 2.24) is 0 Å². The molecule has 0 heterocycles. The third kappa shape index (κ3) is 11.0. The maximum atomic E-state index is 11.0. The van der Waals surface area contributed by atoms with Crippen molar-refractivity contribution in [2.24, 2.45) is 0 Å². The van der Waals surface area contributed by atoms with Crippen molar-refractivity contribution in [3.05, 3.63) is 35.9 Å². The van der Waals surface area contributed by atoms with E-state index in [-0.39, 0.29) is 5.78 Å². The number of hydrogen-bond donors (Lipinski definition) is 0.